The number of ether oxygens (including phenoxy) is 1. The highest BCUT2D eigenvalue weighted by atomic mass is 16.6. The summed E-state index contributed by atoms with van der Waals surface area (Å²) in [6.45, 7) is 14.9. The van der Waals surface area contributed by atoms with Crippen molar-refractivity contribution in [2.75, 3.05) is 13.1 Å². The molecule has 1 amide bonds. The van der Waals surface area contributed by atoms with E-state index in [1.54, 1.807) is 0 Å². The molecule has 3 atom stereocenters. The smallest absolute Gasteiger partial charge is 0.410 e. The van der Waals surface area contributed by atoms with Crippen LogP contribution >= 0.6 is 0 Å². The number of aliphatic hydroxyl groups is 1. The summed E-state index contributed by atoms with van der Waals surface area (Å²) in [4.78, 5) is 14.0. The Bertz CT molecular complexity index is 371. The monoisotopic (exact) mass is 314 g/mol. The molecule has 130 valence electrons. The molecule has 1 saturated heterocycles. The predicted octanol–water partition coefficient (Wildman–Crippen LogP) is 2.77. The van der Waals surface area contributed by atoms with Crippen LogP contribution in [0.5, 0.6) is 0 Å². The van der Waals surface area contributed by atoms with E-state index in [1.165, 1.54) is 0 Å². The van der Waals surface area contributed by atoms with E-state index in [1.807, 2.05) is 46.4 Å². The third-order valence-corrected chi connectivity index (χ3v) is 4.39. The van der Waals surface area contributed by atoms with E-state index in [9.17, 15) is 9.90 Å². The summed E-state index contributed by atoms with van der Waals surface area (Å²) in [5, 5.41) is 13.5. The number of hydrogen-bond acceptors (Lipinski definition) is 4. The van der Waals surface area contributed by atoms with E-state index in [0.717, 1.165) is 19.4 Å². The SMILES string of the molecule is CC(NC(C)C(C)(C)O)C1CCCN(C(=O)OC(C)(C)C)C1. The van der Waals surface area contributed by atoms with Crippen molar-refractivity contribution < 1.29 is 14.6 Å². The van der Waals surface area contributed by atoms with Gasteiger partial charge in [-0.1, -0.05) is 0 Å². The third-order valence-electron chi connectivity index (χ3n) is 4.39. The van der Waals surface area contributed by atoms with Crippen LogP contribution in [0.2, 0.25) is 0 Å². The van der Waals surface area contributed by atoms with Crippen molar-refractivity contribution in [2.24, 2.45) is 5.92 Å². The van der Waals surface area contributed by atoms with Crippen LogP contribution in [0.3, 0.4) is 0 Å². The lowest BCUT2D eigenvalue weighted by molar-refractivity contribution is 0.0105. The molecule has 3 unspecified atom stereocenters. The molecule has 0 aromatic carbocycles. The minimum Gasteiger partial charge on any atom is -0.444 e. The Hall–Kier alpha value is -0.810. The van der Waals surface area contributed by atoms with Crippen LogP contribution in [0.1, 0.15) is 61.3 Å². The zero-order valence-electron chi connectivity index (χ0n) is 15.3. The van der Waals surface area contributed by atoms with E-state index >= 15 is 0 Å². The number of rotatable bonds is 4. The van der Waals surface area contributed by atoms with Gasteiger partial charge in [0, 0.05) is 25.2 Å². The van der Waals surface area contributed by atoms with Gasteiger partial charge < -0.3 is 20.1 Å². The average molecular weight is 314 g/mol. The molecule has 5 heteroatoms. The lowest BCUT2D eigenvalue weighted by atomic mass is 9.90. The number of carbonyl (C=O) groups is 1. The molecule has 1 aliphatic rings. The number of carbonyl (C=O) groups excluding carboxylic acids is 1. The molecule has 0 bridgehead atoms. The molecule has 0 aromatic heterocycles. The number of amides is 1. The van der Waals surface area contributed by atoms with Crippen LogP contribution in [0.25, 0.3) is 0 Å². The van der Waals surface area contributed by atoms with Crippen molar-refractivity contribution in [1.29, 1.82) is 0 Å². The second-order valence-electron chi connectivity index (χ2n) is 8.16. The molecule has 2 N–H and O–H groups in total. The van der Waals surface area contributed by atoms with Crippen LogP contribution in [0.4, 0.5) is 4.79 Å². The van der Waals surface area contributed by atoms with Gasteiger partial charge in [0.05, 0.1) is 5.60 Å². The van der Waals surface area contributed by atoms with Crippen LogP contribution < -0.4 is 5.32 Å². The van der Waals surface area contributed by atoms with Gasteiger partial charge in [-0.2, -0.15) is 0 Å². The second-order valence-corrected chi connectivity index (χ2v) is 8.16. The molecule has 1 aliphatic heterocycles. The van der Waals surface area contributed by atoms with Gasteiger partial charge in [-0.05, 0) is 67.2 Å². The van der Waals surface area contributed by atoms with E-state index < -0.39 is 11.2 Å². The Balaban J connectivity index is 2.57. The first-order chi connectivity index (χ1) is 9.90. The lowest BCUT2D eigenvalue weighted by Crippen LogP contribution is -2.53. The molecule has 0 aromatic rings. The zero-order chi connectivity index (χ0) is 17.1. The summed E-state index contributed by atoms with van der Waals surface area (Å²) in [6, 6.07) is 0.242. The van der Waals surface area contributed by atoms with Crippen LogP contribution in [-0.2, 0) is 4.74 Å². The quantitative estimate of drug-likeness (QED) is 0.837. The van der Waals surface area contributed by atoms with Crippen molar-refractivity contribution in [3.05, 3.63) is 0 Å². The second kappa shape index (κ2) is 7.18. The molecule has 0 radical (unpaired) electrons. The molecule has 1 fully saturated rings. The maximum Gasteiger partial charge on any atom is 0.410 e. The average Bonchev–Trinajstić information content (AvgIpc) is 2.35. The van der Waals surface area contributed by atoms with E-state index in [-0.39, 0.29) is 18.2 Å². The molecule has 0 saturated carbocycles. The van der Waals surface area contributed by atoms with Crippen LogP contribution in [0, 0.1) is 5.92 Å². The molecular formula is C17H34N2O3. The number of likely N-dealkylation sites (tertiary alicyclic amines) is 1. The van der Waals surface area contributed by atoms with Gasteiger partial charge in [-0.3, -0.25) is 0 Å². The fourth-order valence-electron chi connectivity index (χ4n) is 2.64. The van der Waals surface area contributed by atoms with E-state index in [4.69, 9.17) is 4.74 Å². The minimum atomic E-state index is -0.756. The number of piperidine rings is 1. The number of hydrogen-bond donors (Lipinski definition) is 2. The van der Waals surface area contributed by atoms with Crippen LogP contribution in [-0.4, -0.2) is 52.5 Å². The highest BCUT2D eigenvalue weighted by Gasteiger charge is 2.32. The van der Waals surface area contributed by atoms with Crippen molar-refractivity contribution in [3.63, 3.8) is 0 Å². The molecule has 0 spiro atoms. The fourth-order valence-corrected chi connectivity index (χ4v) is 2.64. The zero-order valence-corrected chi connectivity index (χ0v) is 15.3. The molecule has 5 nitrogen and oxygen atoms in total. The summed E-state index contributed by atoms with van der Waals surface area (Å²) < 4.78 is 5.47. The molecule has 1 heterocycles. The van der Waals surface area contributed by atoms with Crippen molar-refractivity contribution >= 4 is 6.09 Å². The Kier molecular flexibility index (Phi) is 6.27. The fraction of sp³-hybridized carbons (Fsp3) is 0.941. The van der Waals surface area contributed by atoms with Crippen molar-refractivity contribution in [2.45, 2.75) is 84.6 Å². The standard InChI is InChI=1S/C17H34N2O3/c1-12(18-13(2)17(6,7)21)14-9-8-10-19(11-14)15(20)22-16(3,4)5/h12-14,18,21H,8-11H2,1-7H3. The third kappa shape index (κ3) is 6.13. The van der Waals surface area contributed by atoms with Gasteiger partial charge in [0.2, 0.25) is 0 Å². The van der Waals surface area contributed by atoms with Gasteiger partial charge in [0.1, 0.15) is 5.60 Å². The highest BCUT2D eigenvalue weighted by Crippen LogP contribution is 2.23. The first-order valence-corrected chi connectivity index (χ1v) is 8.36. The van der Waals surface area contributed by atoms with Crippen molar-refractivity contribution in [3.8, 4) is 0 Å². The highest BCUT2D eigenvalue weighted by molar-refractivity contribution is 5.68. The Labute approximate surface area is 135 Å². The molecule has 22 heavy (non-hydrogen) atoms. The summed E-state index contributed by atoms with van der Waals surface area (Å²) in [5.41, 5.74) is -1.21. The minimum absolute atomic E-state index is 0.000553. The number of nitrogens with zero attached hydrogens (tertiary/aromatic N) is 1. The molecule has 0 aliphatic carbocycles. The van der Waals surface area contributed by atoms with E-state index in [0.29, 0.717) is 12.5 Å². The summed E-state index contributed by atoms with van der Waals surface area (Å²) in [5.74, 6) is 0.381. The Morgan fingerprint density at radius 1 is 1.27 bits per heavy atom. The molecular weight excluding hydrogens is 280 g/mol. The van der Waals surface area contributed by atoms with Gasteiger partial charge >= 0.3 is 6.09 Å². The summed E-state index contributed by atoms with van der Waals surface area (Å²) >= 11 is 0. The van der Waals surface area contributed by atoms with Crippen LogP contribution in [0.15, 0.2) is 0 Å². The normalized spacial score (nSPS) is 23.1. The number of nitrogens with one attached hydrogen (secondary N) is 1. The maximum atomic E-state index is 12.2. The van der Waals surface area contributed by atoms with Crippen molar-refractivity contribution in [1.82, 2.24) is 10.2 Å². The Morgan fingerprint density at radius 2 is 1.86 bits per heavy atom. The van der Waals surface area contributed by atoms with Gasteiger partial charge in [-0.15, -0.1) is 0 Å². The lowest BCUT2D eigenvalue weighted by Gasteiger charge is -2.39. The summed E-state index contributed by atoms with van der Waals surface area (Å²) in [6.07, 6.45) is 1.86. The Morgan fingerprint density at radius 3 is 2.36 bits per heavy atom. The van der Waals surface area contributed by atoms with Gasteiger partial charge in [-0.25, -0.2) is 4.79 Å². The van der Waals surface area contributed by atoms with Gasteiger partial charge in [0.15, 0.2) is 0 Å². The topological polar surface area (TPSA) is 61.8 Å². The summed E-state index contributed by atoms with van der Waals surface area (Å²) in [7, 11) is 0. The maximum absolute atomic E-state index is 12.2. The largest absolute Gasteiger partial charge is 0.444 e. The van der Waals surface area contributed by atoms with E-state index in [2.05, 4.69) is 12.2 Å². The predicted molar refractivity (Wildman–Crippen MR) is 88.9 cm³/mol. The first kappa shape index (κ1) is 19.2. The van der Waals surface area contributed by atoms with Gasteiger partial charge in [0.25, 0.3) is 0 Å². The molecule has 1 rings (SSSR count). The first-order valence-electron chi connectivity index (χ1n) is 8.36.